The van der Waals surface area contributed by atoms with Crippen molar-refractivity contribution in [3.63, 3.8) is 0 Å². The van der Waals surface area contributed by atoms with Crippen molar-refractivity contribution in [2.24, 2.45) is 0 Å². The molecule has 0 bridgehead atoms. The summed E-state index contributed by atoms with van der Waals surface area (Å²) in [6.07, 6.45) is -1.55. The third-order valence-corrected chi connectivity index (χ3v) is 3.90. The molecule has 5 nitrogen and oxygen atoms in total. The Hall–Kier alpha value is -1.57. The van der Waals surface area contributed by atoms with Gasteiger partial charge < -0.3 is 5.32 Å². The fraction of sp³-hybridized carbons (Fsp3) is 0.583. The molecule has 0 spiro atoms. The average molecular weight is 301 g/mol. The first-order chi connectivity index (χ1) is 9.52. The van der Waals surface area contributed by atoms with Crippen LogP contribution in [0.4, 0.5) is 13.9 Å². The molecule has 0 aromatic carbocycles. The highest BCUT2D eigenvalue weighted by molar-refractivity contribution is 7.15. The smallest absolute Gasteiger partial charge is 0.291 e. The summed E-state index contributed by atoms with van der Waals surface area (Å²) in [6, 6.07) is 0. The summed E-state index contributed by atoms with van der Waals surface area (Å²) in [4.78, 5) is 0. The van der Waals surface area contributed by atoms with E-state index in [0.29, 0.717) is 11.7 Å². The van der Waals surface area contributed by atoms with Gasteiger partial charge in [0.25, 0.3) is 6.43 Å². The second-order valence-electron chi connectivity index (χ2n) is 4.47. The van der Waals surface area contributed by atoms with E-state index in [4.69, 9.17) is 0 Å². The molecular formula is C12H17F2N5S. The second-order valence-corrected chi connectivity index (χ2v) is 5.48. The van der Waals surface area contributed by atoms with Crippen molar-refractivity contribution in [1.29, 1.82) is 0 Å². The van der Waals surface area contributed by atoms with Crippen molar-refractivity contribution < 1.29 is 8.78 Å². The van der Waals surface area contributed by atoms with E-state index >= 15 is 0 Å². The van der Waals surface area contributed by atoms with Gasteiger partial charge in [0.1, 0.15) is 0 Å². The first-order valence-corrected chi connectivity index (χ1v) is 7.22. The lowest BCUT2D eigenvalue weighted by Crippen LogP contribution is -2.04. The summed E-state index contributed by atoms with van der Waals surface area (Å²) in [7, 11) is 0. The van der Waals surface area contributed by atoms with Gasteiger partial charge in [0.15, 0.2) is 5.01 Å². The molecule has 0 atom stereocenters. The molecular weight excluding hydrogens is 284 g/mol. The molecule has 2 aromatic rings. The number of rotatable bonds is 6. The molecule has 20 heavy (non-hydrogen) atoms. The van der Waals surface area contributed by atoms with E-state index in [1.54, 1.807) is 0 Å². The Bertz CT molecular complexity index is 578. The van der Waals surface area contributed by atoms with E-state index in [1.807, 2.05) is 18.5 Å². The molecule has 8 heteroatoms. The van der Waals surface area contributed by atoms with E-state index in [9.17, 15) is 8.78 Å². The van der Waals surface area contributed by atoms with Crippen molar-refractivity contribution in [3.05, 3.63) is 22.0 Å². The Labute approximate surface area is 120 Å². The number of anilines is 1. The highest BCUT2D eigenvalue weighted by Crippen LogP contribution is 2.25. The van der Waals surface area contributed by atoms with Crippen LogP contribution >= 0.6 is 11.3 Å². The molecule has 0 saturated carbocycles. The minimum Gasteiger partial charge on any atom is -0.356 e. The van der Waals surface area contributed by atoms with Crippen LogP contribution in [-0.4, -0.2) is 20.0 Å². The summed E-state index contributed by atoms with van der Waals surface area (Å²) in [5.41, 5.74) is 3.12. The van der Waals surface area contributed by atoms with Gasteiger partial charge in [-0.2, -0.15) is 5.10 Å². The standard InChI is InChI=1S/C12H17F2N5S/c1-4-5-19-8(3)9(7(2)18-19)6-15-12-17-16-11(20-12)10(13)14/h10H,4-6H2,1-3H3,(H,15,17). The zero-order valence-corrected chi connectivity index (χ0v) is 12.5. The quantitative estimate of drug-likeness (QED) is 0.889. The van der Waals surface area contributed by atoms with Crippen LogP contribution in [0.3, 0.4) is 0 Å². The summed E-state index contributed by atoms with van der Waals surface area (Å²) in [5, 5.41) is 14.8. The highest BCUT2D eigenvalue weighted by atomic mass is 32.1. The Balaban J connectivity index is 2.06. The number of alkyl halides is 2. The number of nitrogens with zero attached hydrogens (tertiary/aromatic N) is 4. The molecule has 2 rings (SSSR count). The van der Waals surface area contributed by atoms with Crippen LogP contribution in [0, 0.1) is 13.8 Å². The molecule has 0 aliphatic rings. The van der Waals surface area contributed by atoms with E-state index in [2.05, 4.69) is 27.5 Å². The third-order valence-electron chi connectivity index (χ3n) is 3.01. The van der Waals surface area contributed by atoms with Crippen molar-refractivity contribution in [2.75, 3.05) is 5.32 Å². The van der Waals surface area contributed by atoms with E-state index < -0.39 is 6.43 Å². The maximum absolute atomic E-state index is 12.4. The van der Waals surface area contributed by atoms with Crippen molar-refractivity contribution in [2.45, 2.75) is 46.7 Å². The molecule has 2 aromatic heterocycles. The third kappa shape index (κ3) is 3.12. The number of nitrogens with one attached hydrogen (secondary N) is 1. The van der Waals surface area contributed by atoms with Crippen LogP contribution < -0.4 is 5.32 Å². The highest BCUT2D eigenvalue weighted by Gasteiger charge is 2.15. The van der Waals surface area contributed by atoms with Crippen molar-refractivity contribution >= 4 is 16.5 Å². The molecule has 0 fully saturated rings. The SMILES string of the molecule is CCCn1nc(C)c(CNc2nnc(C(F)F)s2)c1C. The fourth-order valence-corrected chi connectivity index (χ4v) is 2.57. The maximum Gasteiger partial charge on any atom is 0.291 e. The monoisotopic (exact) mass is 301 g/mol. The van der Waals surface area contributed by atoms with Gasteiger partial charge >= 0.3 is 0 Å². The number of halogens is 2. The van der Waals surface area contributed by atoms with E-state index in [0.717, 1.165) is 41.3 Å². The van der Waals surface area contributed by atoms with E-state index in [1.165, 1.54) is 0 Å². The largest absolute Gasteiger partial charge is 0.356 e. The molecule has 110 valence electrons. The number of hydrogen-bond acceptors (Lipinski definition) is 5. The lowest BCUT2D eigenvalue weighted by molar-refractivity contribution is 0.150. The molecule has 0 aliphatic heterocycles. The van der Waals surface area contributed by atoms with Gasteiger partial charge in [0.05, 0.1) is 5.69 Å². The molecule has 2 heterocycles. The molecule has 1 N–H and O–H groups in total. The summed E-state index contributed by atoms with van der Waals surface area (Å²) in [5.74, 6) is 0. The molecule has 0 radical (unpaired) electrons. The fourth-order valence-electron chi connectivity index (χ4n) is 1.98. The first kappa shape index (κ1) is 14.8. The van der Waals surface area contributed by atoms with Gasteiger partial charge in [-0.05, 0) is 20.3 Å². The van der Waals surface area contributed by atoms with Gasteiger partial charge in [0.2, 0.25) is 5.13 Å². The number of hydrogen-bond donors (Lipinski definition) is 1. The summed E-state index contributed by atoms with van der Waals surface area (Å²) in [6.45, 7) is 7.44. The van der Waals surface area contributed by atoms with Crippen molar-refractivity contribution in [1.82, 2.24) is 20.0 Å². The van der Waals surface area contributed by atoms with Crippen LogP contribution in [0.25, 0.3) is 0 Å². The van der Waals surface area contributed by atoms with Gasteiger partial charge in [-0.15, -0.1) is 10.2 Å². The van der Waals surface area contributed by atoms with Crippen LogP contribution in [0.5, 0.6) is 0 Å². The molecule has 0 amide bonds. The number of aromatic nitrogens is 4. The average Bonchev–Trinajstić information content (AvgIpc) is 2.95. The van der Waals surface area contributed by atoms with Crippen LogP contribution in [0.15, 0.2) is 0 Å². The summed E-state index contributed by atoms with van der Waals surface area (Å²) >= 11 is 0.878. The molecule has 0 aliphatic carbocycles. The van der Waals surface area contributed by atoms with Gasteiger partial charge in [-0.1, -0.05) is 18.3 Å². The normalized spacial score (nSPS) is 11.3. The zero-order valence-electron chi connectivity index (χ0n) is 11.7. The van der Waals surface area contributed by atoms with Crippen LogP contribution in [-0.2, 0) is 13.1 Å². The molecule has 0 saturated heterocycles. The Morgan fingerprint density at radius 3 is 2.65 bits per heavy atom. The molecule has 0 unspecified atom stereocenters. The maximum atomic E-state index is 12.4. The second kappa shape index (κ2) is 6.25. The minimum atomic E-state index is -2.57. The van der Waals surface area contributed by atoms with Gasteiger partial charge in [0, 0.05) is 24.3 Å². The number of aryl methyl sites for hydroxylation is 2. The van der Waals surface area contributed by atoms with Crippen molar-refractivity contribution in [3.8, 4) is 0 Å². The Morgan fingerprint density at radius 1 is 1.30 bits per heavy atom. The Kier molecular flexibility index (Phi) is 4.64. The van der Waals surface area contributed by atoms with Crippen LogP contribution in [0.1, 0.15) is 41.7 Å². The summed E-state index contributed by atoms with van der Waals surface area (Å²) < 4.78 is 26.8. The Morgan fingerprint density at radius 2 is 2.05 bits per heavy atom. The topological polar surface area (TPSA) is 55.6 Å². The van der Waals surface area contributed by atoms with Gasteiger partial charge in [-0.25, -0.2) is 8.78 Å². The van der Waals surface area contributed by atoms with Crippen LogP contribution in [0.2, 0.25) is 0 Å². The lowest BCUT2D eigenvalue weighted by atomic mass is 10.2. The predicted octanol–water partition coefficient (Wildman–Crippen LogP) is 3.31. The predicted molar refractivity (Wildman–Crippen MR) is 74.2 cm³/mol. The van der Waals surface area contributed by atoms with Gasteiger partial charge in [-0.3, -0.25) is 4.68 Å². The minimum absolute atomic E-state index is 0.261. The first-order valence-electron chi connectivity index (χ1n) is 6.41. The zero-order chi connectivity index (χ0) is 14.7. The van der Waals surface area contributed by atoms with E-state index in [-0.39, 0.29) is 5.01 Å². The lowest BCUT2D eigenvalue weighted by Gasteiger charge is -2.04.